The van der Waals surface area contributed by atoms with Crippen molar-refractivity contribution in [1.29, 1.82) is 0 Å². The molecule has 6 heteroatoms. The lowest BCUT2D eigenvalue weighted by Crippen LogP contribution is -2.39. The number of aromatic nitrogens is 2. The van der Waals surface area contributed by atoms with Crippen LogP contribution in [0.25, 0.3) is 0 Å². The molecule has 1 aliphatic heterocycles. The van der Waals surface area contributed by atoms with Gasteiger partial charge in [0.15, 0.2) is 0 Å². The van der Waals surface area contributed by atoms with Crippen LogP contribution in [0.15, 0.2) is 12.3 Å². The van der Waals surface area contributed by atoms with Gasteiger partial charge in [-0.15, -0.1) is 0 Å². The van der Waals surface area contributed by atoms with Crippen molar-refractivity contribution in [2.45, 2.75) is 26.3 Å². The quantitative estimate of drug-likeness (QED) is 0.860. The third-order valence-electron chi connectivity index (χ3n) is 4.09. The van der Waals surface area contributed by atoms with E-state index < -0.39 is 0 Å². The Bertz CT molecular complexity index is 459. The summed E-state index contributed by atoms with van der Waals surface area (Å²) in [7, 11) is 4.05. The minimum Gasteiger partial charge on any atom is -0.332 e. The van der Waals surface area contributed by atoms with Crippen molar-refractivity contribution in [2.24, 2.45) is 13.0 Å². The van der Waals surface area contributed by atoms with Crippen molar-refractivity contribution in [3.63, 3.8) is 0 Å². The number of aryl methyl sites for hydroxylation is 1. The first-order valence-corrected chi connectivity index (χ1v) is 7.78. The number of carbonyl (C=O) groups excluding carboxylic acids is 1. The highest BCUT2D eigenvalue weighted by Gasteiger charge is 2.26. The average molecular weight is 293 g/mol. The van der Waals surface area contributed by atoms with Crippen LogP contribution in [-0.4, -0.2) is 58.8 Å². The highest BCUT2D eigenvalue weighted by Crippen LogP contribution is 2.17. The van der Waals surface area contributed by atoms with Crippen LogP contribution < -0.4 is 5.32 Å². The van der Waals surface area contributed by atoms with E-state index in [9.17, 15) is 4.79 Å². The van der Waals surface area contributed by atoms with E-state index in [0.717, 1.165) is 38.3 Å². The summed E-state index contributed by atoms with van der Waals surface area (Å²) in [5.74, 6) is 0.601. The van der Waals surface area contributed by atoms with Gasteiger partial charge in [-0.05, 0) is 38.4 Å². The third kappa shape index (κ3) is 4.46. The Morgan fingerprint density at radius 1 is 1.57 bits per heavy atom. The number of urea groups is 1. The van der Waals surface area contributed by atoms with E-state index in [1.807, 2.05) is 18.0 Å². The molecule has 0 bridgehead atoms. The minimum absolute atomic E-state index is 0.0387. The van der Waals surface area contributed by atoms with Crippen LogP contribution >= 0.6 is 0 Å². The summed E-state index contributed by atoms with van der Waals surface area (Å²) < 4.78 is 1.78. The Kier molecular flexibility index (Phi) is 5.61. The van der Waals surface area contributed by atoms with Gasteiger partial charge in [0, 0.05) is 32.9 Å². The van der Waals surface area contributed by atoms with Crippen molar-refractivity contribution < 1.29 is 4.79 Å². The summed E-state index contributed by atoms with van der Waals surface area (Å²) in [6, 6.07) is 1.96. The summed E-state index contributed by atoms with van der Waals surface area (Å²) >= 11 is 0. The van der Waals surface area contributed by atoms with E-state index in [-0.39, 0.29) is 6.03 Å². The first-order valence-electron chi connectivity index (χ1n) is 7.78. The molecule has 0 aliphatic carbocycles. The summed E-state index contributed by atoms with van der Waals surface area (Å²) in [6.45, 7) is 6.67. The zero-order chi connectivity index (χ0) is 15.2. The van der Waals surface area contributed by atoms with Crippen LogP contribution in [-0.2, 0) is 13.6 Å². The highest BCUT2D eigenvalue weighted by molar-refractivity contribution is 5.74. The van der Waals surface area contributed by atoms with E-state index in [0.29, 0.717) is 12.5 Å². The van der Waals surface area contributed by atoms with Gasteiger partial charge in [-0.1, -0.05) is 6.92 Å². The van der Waals surface area contributed by atoms with Crippen molar-refractivity contribution in [3.05, 3.63) is 18.0 Å². The average Bonchev–Trinajstić information content (AvgIpc) is 3.06. The van der Waals surface area contributed by atoms with Crippen LogP contribution in [0.5, 0.6) is 0 Å². The van der Waals surface area contributed by atoms with Gasteiger partial charge < -0.3 is 15.1 Å². The van der Waals surface area contributed by atoms with E-state index in [4.69, 9.17) is 0 Å². The molecule has 2 heterocycles. The third-order valence-corrected chi connectivity index (χ3v) is 4.09. The van der Waals surface area contributed by atoms with E-state index in [2.05, 4.69) is 29.3 Å². The van der Waals surface area contributed by atoms with Crippen molar-refractivity contribution >= 4 is 6.03 Å². The van der Waals surface area contributed by atoms with E-state index in [1.54, 1.807) is 10.9 Å². The van der Waals surface area contributed by atoms with Gasteiger partial charge in [-0.2, -0.15) is 5.10 Å². The molecule has 0 saturated carbocycles. The normalized spacial score (nSPS) is 18.5. The number of nitrogens with zero attached hydrogens (tertiary/aromatic N) is 4. The molecule has 0 spiro atoms. The van der Waals surface area contributed by atoms with Crippen LogP contribution in [0.1, 0.15) is 25.5 Å². The van der Waals surface area contributed by atoms with Gasteiger partial charge in [0.1, 0.15) is 0 Å². The number of amides is 2. The molecule has 0 radical (unpaired) electrons. The fourth-order valence-corrected chi connectivity index (χ4v) is 2.93. The maximum absolute atomic E-state index is 12.2. The standard InChI is InChI=1S/C15H27N5O/c1-4-8-18(2)11-13-6-9-20(12-13)15(21)16-10-14-5-7-17-19(14)3/h5,7,13H,4,6,8-12H2,1-3H3,(H,16,21). The minimum atomic E-state index is 0.0387. The molecular formula is C15H27N5O. The molecule has 1 aromatic heterocycles. The van der Waals surface area contributed by atoms with Crippen LogP contribution in [0.2, 0.25) is 0 Å². The molecule has 1 aromatic rings. The molecule has 0 aromatic carbocycles. The Balaban J connectivity index is 1.73. The zero-order valence-electron chi connectivity index (χ0n) is 13.4. The SMILES string of the molecule is CCCN(C)CC1CCN(C(=O)NCc2ccnn2C)C1. The molecule has 1 fully saturated rings. The topological polar surface area (TPSA) is 53.4 Å². The fourth-order valence-electron chi connectivity index (χ4n) is 2.93. The number of nitrogens with one attached hydrogen (secondary N) is 1. The molecule has 6 nitrogen and oxygen atoms in total. The smallest absolute Gasteiger partial charge is 0.317 e. The summed E-state index contributed by atoms with van der Waals surface area (Å²) in [5.41, 5.74) is 1.02. The summed E-state index contributed by atoms with van der Waals surface area (Å²) in [5, 5.41) is 7.08. The number of likely N-dealkylation sites (tertiary alicyclic amines) is 1. The Hall–Kier alpha value is -1.56. The van der Waals surface area contributed by atoms with Gasteiger partial charge in [0.25, 0.3) is 0 Å². The Morgan fingerprint density at radius 2 is 2.38 bits per heavy atom. The molecule has 118 valence electrons. The van der Waals surface area contributed by atoms with Gasteiger partial charge in [-0.25, -0.2) is 4.79 Å². The maximum Gasteiger partial charge on any atom is 0.317 e. The highest BCUT2D eigenvalue weighted by atomic mass is 16.2. The second-order valence-electron chi connectivity index (χ2n) is 5.97. The molecule has 1 saturated heterocycles. The molecule has 1 aliphatic rings. The molecule has 1 unspecified atom stereocenters. The van der Waals surface area contributed by atoms with Gasteiger partial charge >= 0.3 is 6.03 Å². The number of carbonyl (C=O) groups is 1. The number of hydrogen-bond donors (Lipinski definition) is 1. The molecule has 21 heavy (non-hydrogen) atoms. The lowest BCUT2D eigenvalue weighted by Gasteiger charge is -2.21. The molecule has 2 amide bonds. The largest absolute Gasteiger partial charge is 0.332 e. The predicted molar refractivity (Wildman–Crippen MR) is 82.9 cm³/mol. The first kappa shape index (κ1) is 15.8. The lowest BCUT2D eigenvalue weighted by molar-refractivity contribution is 0.203. The number of hydrogen-bond acceptors (Lipinski definition) is 3. The van der Waals surface area contributed by atoms with Gasteiger partial charge in [0.2, 0.25) is 0 Å². The second kappa shape index (κ2) is 7.45. The maximum atomic E-state index is 12.2. The first-order chi connectivity index (χ1) is 10.1. The summed E-state index contributed by atoms with van der Waals surface area (Å²) in [6.07, 6.45) is 4.03. The Labute approximate surface area is 127 Å². The molecular weight excluding hydrogens is 266 g/mol. The monoisotopic (exact) mass is 293 g/mol. The molecule has 1 atom stereocenters. The van der Waals surface area contributed by atoms with Gasteiger partial charge in [-0.3, -0.25) is 4.68 Å². The Morgan fingerprint density at radius 3 is 3.05 bits per heavy atom. The fraction of sp³-hybridized carbons (Fsp3) is 0.733. The van der Waals surface area contributed by atoms with Crippen LogP contribution in [0, 0.1) is 5.92 Å². The van der Waals surface area contributed by atoms with E-state index >= 15 is 0 Å². The van der Waals surface area contributed by atoms with Crippen LogP contribution in [0.3, 0.4) is 0 Å². The lowest BCUT2D eigenvalue weighted by atomic mass is 10.1. The summed E-state index contributed by atoms with van der Waals surface area (Å²) in [4.78, 5) is 16.5. The number of rotatable bonds is 6. The van der Waals surface area contributed by atoms with Crippen molar-refractivity contribution in [3.8, 4) is 0 Å². The van der Waals surface area contributed by atoms with E-state index in [1.165, 1.54) is 6.42 Å². The molecule has 2 rings (SSSR count). The van der Waals surface area contributed by atoms with Gasteiger partial charge in [0.05, 0.1) is 12.2 Å². The van der Waals surface area contributed by atoms with Crippen molar-refractivity contribution in [2.75, 3.05) is 33.2 Å². The zero-order valence-corrected chi connectivity index (χ0v) is 13.4. The predicted octanol–water partition coefficient (Wildman–Crippen LogP) is 1.29. The van der Waals surface area contributed by atoms with Crippen LogP contribution in [0.4, 0.5) is 4.79 Å². The second-order valence-corrected chi connectivity index (χ2v) is 5.97. The van der Waals surface area contributed by atoms with Crippen molar-refractivity contribution in [1.82, 2.24) is 24.9 Å². The molecule has 1 N–H and O–H groups in total.